The summed E-state index contributed by atoms with van der Waals surface area (Å²) in [4.78, 5) is 40.1. The van der Waals surface area contributed by atoms with Crippen LogP contribution in [0.4, 0.5) is 14.6 Å². The van der Waals surface area contributed by atoms with Crippen molar-refractivity contribution in [1.29, 1.82) is 0 Å². The quantitative estimate of drug-likeness (QED) is 0.273. The van der Waals surface area contributed by atoms with Crippen LogP contribution in [0.25, 0.3) is 28.0 Å². The number of methoxy groups -OCH3 is 1. The van der Waals surface area contributed by atoms with E-state index in [9.17, 15) is 18.4 Å². The molecule has 2 fully saturated rings. The molecule has 4 aromatic heterocycles. The number of carbonyl (C=O) groups excluding carboxylic acids is 2. The van der Waals surface area contributed by atoms with Crippen molar-refractivity contribution in [3.63, 3.8) is 0 Å². The SMILES string of the molecule is COc1ccc(-c2ccc(-c3cnn4c(N)c(C(C)=O)c([C@@H]5C[C@H]6CC[C@@H](C5)N6C(=O)c5nnc[nH]5)nc34)cn2)c(F)c1F. The van der Waals surface area contributed by atoms with E-state index >= 15 is 0 Å². The highest BCUT2D eigenvalue weighted by molar-refractivity contribution is 6.00. The summed E-state index contributed by atoms with van der Waals surface area (Å²) < 4.78 is 35.3. The summed E-state index contributed by atoms with van der Waals surface area (Å²) in [6.45, 7) is 1.45. The molecule has 12 nitrogen and oxygen atoms in total. The second kappa shape index (κ2) is 10.5. The fourth-order valence-corrected chi connectivity index (χ4v) is 6.66. The van der Waals surface area contributed by atoms with Crippen LogP contribution in [0.1, 0.15) is 65.2 Å². The fourth-order valence-electron chi connectivity index (χ4n) is 6.66. The zero-order chi connectivity index (χ0) is 30.7. The number of rotatable bonds is 6. The standard InChI is InChI=1S/C30H27F2N9O3/c1-14(42)23-26(16-9-17-4-5-18(10-16)40(17)30(43)28-35-13-36-39-28)38-29-20(12-37-41(29)27(23)33)15-3-7-21(34-11-15)19-6-8-22(44-2)25(32)24(19)31/h3,6-8,11-13,16-18H,4-5,9-10,33H2,1-2H3,(H,35,36,39)/t16-,17-,18+. The van der Waals surface area contributed by atoms with E-state index in [1.165, 1.54) is 43.2 Å². The Morgan fingerprint density at radius 2 is 1.82 bits per heavy atom. The first-order valence-electron chi connectivity index (χ1n) is 14.1. The Hall–Kier alpha value is -5.27. The van der Waals surface area contributed by atoms with E-state index in [0.29, 0.717) is 40.9 Å². The van der Waals surface area contributed by atoms with Crippen LogP contribution in [0.5, 0.6) is 5.75 Å². The number of aromatic nitrogens is 7. The summed E-state index contributed by atoms with van der Waals surface area (Å²) in [7, 11) is 1.26. The molecule has 0 spiro atoms. The van der Waals surface area contributed by atoms with Crippen molar-refractivity contribution in [1.82, 2.24) is 39.7 Å². The minimum Gasteiger partial charge on any atom is -0.494 e. The molecule has 0 aliphatic carbocycles. The van der Waals surface area contributed by atoms with Gasteiger partial charge in [0.2, 0.25) is 11.6 Å². The van der Waals surface area contributed by atoms with Gasteiger partial charge in [0.05, 0.1) is 30.3 Å². The molecule has 44 heavy (non-hydrogen) atoms. The molecule has 2 aliphatic heterocycles. The number of H-pyrrole nitrogens is 1. The Kier molecular flexibility index (Phi) is 6.56. The number of pyridine rings is 1. The minimum atomic E-state index is -1.09. The maximum atomic E-state index is 14.7. The first kappa shape index (κ1) is 27.6. The molecule has 2 saturated heterocycles. The number of amides is 1. The number of nitrogens with one attached hydrogen (secondary N) is 1. The second-order valence-electron chi connectivity index (χ2n) is 11.1. The third kappa shape index (κ3) is 4.28. The molecule has 1 amide bonds. The smallest absolute Gasteiger partial charge is 0.292 e. The van der Waals surface area contributed by atoms with Gasteiger partial charge in [0.1, 0.15) is 12.1 Å². The van der Waals surface area contributed by atoms with Crippen molar-refractivity contribution in [3.05, 3.63) is 71.7 Å². The van der Waals surface area contributed by atoms with Gasteiger partial charge < -0.3 is 20.4 Å². The largest absolute Gasteiger partial charge is 0.494 e. The lowest BCUT2D eigenvalue weighted by molar-refractivity contribution is 0.0556. The van der Waals surface area contributed by atoms with E-state index < -0.39 is 11.6 Å². The average molecular weight is 600 g/mol. The molecule has 6 heterocycles. The van der Waals surface area contributed by atoms with Crippen LogP contribution >= 0.6 is 0 Å². The molecule has 224 valence electrons. The number of carbonyl (C=O) groups is 2. The van der Waals surface area contributed by atoms with Crippen molar-refractivity contribution in [2.45, 2.75) is 50.6 Å². The Morgan fingerprint density at radius 3 is 2.45 bits per heavy atom. The van der Waals surface area contributed by atoms with Crippen LogP contribution in [0, 0.1) is 11.6 Å². The molecular weight excluding hydrogens is 572 g/mol. The van der Waals surface area contributed by atoms with Gasteiger partial charge in [0.15, 0.2) is 23.0 Å². The van der Waals surface area contributed by atoms with Crippen molar-refractivity contribution >= 4 is 23.2 Å². The number of aromatic amines is 1. The zero-order valence-electron chi connectivity index (χ0n) is 23.8. The lowest BCUT2D eigenvalue weighted by Gasteiger charge is -2.38. The van der Waals surface area contributed by atoms with Crippen LogP contribution in [0.3, 0.4) is 0 Å². The first-order chi connectivity index (χ1) is 21.3. The Bertz CT molecular complexity index is 1910. The molecule has 3 N–H and O–H groups in total. The normalized spacial score (nSPS) is 19.5. The third-order valence-electron chi connectivity index (χ3n) is 8.65. The summed E-state index contributed by atoms with van der Waals surface area (Å²) in [5.74, 6) is -2.49. The van der Waals surface area contributed by atoms with Crippen molar-refractivity contribution < 1.29 is 23.1 Å². The molecule has 7 rings (SSSR count). The van der Waals surface area contributed by atoms with E-state index in [-0.39, 0.29) is 58.3 Å². The van der Waals surface area contributed by atoms with Gasteiger partial charge in [-0.25, -0.2) is 9.37 Å². The summed E-state index contributed by atoms with van der Waals surface area (Å²) >= 11 is 0. The molecule has 14 heteroatoms. The van der Waals surface area contributed by atoms with Gasteiger partial charge in [-0.3, -0.25) is 14.6 Å². The topological polar surface area (TPSA) is 157 Å². The number of fused-ring (bicyclic) bond motifs is 3. The summed E-state index contributed by atoms with van der Waals surface area (Å²) in [6, 6.07) is 5.96. The highest BCUT2D eigenvalue weighted by Crippen LogP contribution is 2.45. The first-order valence-corrected chi connectivity index (χ1v) is 14.1. The number of Topliss-reactive ketones (excluding diaryl/α,β-unsaturated/α-hetero) is 1. The van der Waals surface area contributed by atoms with Gasteiger partial charge in [-0.15, -0.1) is 10.2 Å². The van der Waals surface area contributed by atoms with Crippen molar-refractivity contribution in [2.75, 3.05) is 12.8 Å². The van der Waals surface area contributed by atoms with Gasteiger partial charge in [0, 0.05) is 40.9 Å². The highest BCUT2D eigenvalue weighted by Gasteiger charge is 2.45. The van der Waals surface area contributed by atoms with Gasteiger partial charge in [0.25, 0.3) is 5.91 Å². The monoisotopic (exact) mass is 599 g/mol. The number of hydrogen-bond donors (Lipinski definition) is 2. The second-order valence-corrected chi connectivity index (χ2v) is 11.1. The van der Waals surface area contributed by atoms with Gasteiger partial charge in [-0.1, -0.05) is 6.07 Å². The van der Waals surface area contributed by atoms with Gasteiger partial charge >= 0.3 is 0 Å². The predicted octanol–water partition coefficient (Wildman–Crippen LogP) is 4.20. The number of nitrogens with zero attached hydrogens (tertiary/aromatic N) is 7. The fraction of sp³-hybridized carbons (Fsp3) is 0.300. The molecule has 5 aromatic rings. The molecule has 2 aliphatic rings. The van der Waals surface area contributed by atoms with Gasteiger partial charge in [-0.2, -0.15) is 14.0 Å². The number of nitrogen functional groups attached to an aromatic ring is 1. The van der Waals surface area contributed by atoms with E-state index in [1.807, 2.05) is 4.90 Å². The van der Waals surface area contributed by atoms with Crippen LogP contribution in [0.2, 0.25) is 0 Å². The maximum absolute atomic E-state index is 14.7. The van der Waals surface area contributed by atoms with Crippen LogP contribution < -0.4 is 10.5 Å². The number of benzene rings is 1. The van der Waals surface area contributed by atoms with E-state index in [0.717, 1.165) is 12.8 Å². The maximum Gasteiger partial charge on any atom is 0.292 e. The van der Waals surface area contributed by atoms with Crippen LogP contribution in [0.15, 0.2) is 43.0 Å². The molecule has 0 unspecified atom stereocenters. The number of anilines is 1. The molecule has 0 radical (unpaired) electrons. The number of ketones is 1. The zero-order valence-corrected chi connectivity index (χ0v) is 23.8. The van der Waals surface area contributed by atoms with Crippen molar-refractivity contribution in [3.8, 4) is 28.1 Å². The number of halogens is 2. The van der Waals surface area contributed by atoms with Crippen LogP contribution in [-0.4, -0.2) is 70.5 Å². The van der Waals surface area contributed by atoms with E-state index in [1.54, 1.807) is 18.3 Å². The van der Waals surface area contributed by atoms with Crippen molar-refractivity contribution in [2.24, 2.45) is 0 Å². The minimum absolute atomic E-state index is 0.00626. The molecule has 1 aromatic carbocycles. The Balaban J connectivity index is 1.24. The number of nitrogens with two attached hydrogens (primary N) is 1. The Labute approximate surface area is 249 Å². The van der Waals surface area contributed by atoms with E-state index in [2.05, 4.69) is 25.3 Å². The lowest BCUT2D eigenvalue weighted by Crippen LogP contribution is -2.46. The predicted molar refractivity (Wildman–Crippen MR) is 154 cm³/mol. The average Bonchev–Trinajstić information content (AvgIpc) is 3.77. The summed E-state index contributed by atoms with van der Waals surface area (Å²) in [6.07, 6.45) is 7.39. The number of hydrogen-bond acceptors (Lipinski definition) is 9. The Morgan fingerprint density at radius 1 is 1.05 bits per heavy atom. The van der Waals surface area contributed by atoms with E-state index in [4.69, 9.17) is 15.5 Å². The molecule has 2 bridgehead atoms. The summed E-state index contributed by atoms with van der Waals surface area (Å²) in [5, 5.41) is 12.0. The molecular formula is C30H27F2N9O3. The van der Waals surface area contributed by atoms with Crippen LogP contribution in [-0.2, 0) is 0 Å². The highest BCUT2D eigenvalue weighted by atomic mass is 19.2. The third-order valence-corrected chi connectivity index (χ3v) is 8.65. The molecule has 0 saturated carbocycles. The number of ether oxygens (including phenoxy) is 1. The van der Waals surface area contributed by atoms with Gasteiger partial charge in [-0.05, 0) is 50.8 Å². The molecule has 3 atom stereocenters. The lowest BCUT2D eigenvalue weighted by atomic mass is 9.85. The summed E-state index contributed by atoms with van der Waals surface area (Å²) in [5.41, 5.74) is 9.34. The number of piperidine rings is 1.